The van der Waals surface area contributed by atoms with Crippen molar-refractivity contribution < 1.29 is 14.6 Å². The molecule has 0 saturated heterocycles. The first-order valence-corrected chi connectivity index (χ1v) is 21.8. The summed E-state index contributed by atoms with van der Waals surface area (Å²) in [7, 11) is 0. The van der Waals surface area contributed by atoms with E-state index in [1.165, 1.54) is 18.9 Å². The van der Waals surface area contributed by atoms with Crippen molar-refractivity contribution in [2.24, 2.45) is 5.92 Å². The van der Waals surface area contributed by atoms with Crippen LogP contribution >= 0.6 is 0 Å². The van der Waals surface area contributed by atoms with Crippen molar-refractivity contribution in [2.45, 2.75) is 69.2 Å². The van der Waals surface area contributed by atoms with Crippen LogP contribution in [0.25, 0.3) is 0 Å². The molecule has 3 rings (SSSR count). The van der Waals surface area contributed by atoms with Crippen LogP contribution in [0.4, 0.5) is 0 Å². The first kappa shape index (κ1) is 23.5. The summed E-state index contributed by atoms with van der Waals surface area (Å²) in [6, 6.07) is 24.7. The van der Waals surface area contributed by atoms with Crippen LogP contribution in [-0.2, 0) is 14.6 Å². The summed E-state index contributed by atoms with van der Waals surface area (Å²) in [5.74, 6) is -1.44. The molecule has 1 unspecified atom stereocenters. The third-order valence-corrected chi connectivity index (χ3v) is 38.4. The molecule has 0 heterocycles. The van der Waals surface area contributed by atoms with Gasteiger partial charge in [0.05, 0.1) is 0 Å². The average Bonchev–Trinajstić information content (AvgIpc) is 2.93. The Bertz CT molecular complexity index is 918. The third-order valence-electron chi connectivity index (χ3n) is 8.52. The Morgan fingerprint density at radius 3 is 1.60 bits per heavy atom. The second-order valence-corrected chi connectivity index (χ2v) is 36.2. The van der Waals surface area contributed by atoms with E-state index in [4.69, 9.17) is 0 Å². The fourth-order valence-corrected chi connectivity index (χ4v) is 38.3. The molecule has 0 nitrogen and oxygen atoms in total. The van der Waals surface area contributed by atoms with Crippen LogP contribution < -0.4 is 10.4 Å². The number of allylic oxidation sites excluding steroid dienone is 4. The first-order valence-electron chi connectivity index (χ1n) is 11.8. The van der Waals surface area contributed by atoms with Crippen molar-refractivity contribution in [3.05, 3.63) is 81.3 Å². The van der Waals surface area contributed by atoms with Crippen LogP contribution in [0.15, 0.2) is 81.3 Å². The number of benzene rings is 2. The Kier molecular flexibility index (Phi) is 6.59. The zero-order valence-electron chi connectivity index (χ0n) is 20.5. The predicted octanol–water partition coefficient (Wildman–Crippen LogP) is 7.64. The average molecular weight is 454 g/mol. The summed E-state index contributed by atoms with van der Waals surface area (Å²) in [5, 5.41) is 11.6. The molecular weight excluding hydrogens is 412 g/mol. The van der Waals surface area contributed by atoms with E-state index < -0.39 is 20.5 Å². The van der Waals surface area contributed by atoms with Gasteiger partial charge >= 0.3 is 187 Å². The van der Waals surface area contributed by atoms with E-state index in [-0.39, 0.29) is 0 Å². The van der Waals surface area contributed by atoms with Gasteiger partial charge in [-0.05, 0) is 0 Å². The topological polar surface area (TPSA) is 0 Å². The summed E-state index contributed by atoms with van der Waals surface area (Å²) < 4.78 is 1.86. The van der Waals surface area contributed by atoms with E-state index in [2.05, 4.69) is 111 Å². The quantitative estimate of drug-likeness (QED) is 0.378. The normalized spacial score (nSPS) is 19.2. The molecule has 1 aliphatic carbocycles. The summed E-state index contributed by atoms with van der Waals surface area (Å²) in [5.41, 5.74) is 4.77. The summed E-state index contributed by atoms with van der Waals surface area (Å²) in [6.07, 6.45) is 2.58. The van der Waals surface area contributed by atoms with Crippen LogP contribution in [0.1, 0.15) is 47.5 Å². The van der Waals surface area contributed by atoms with Crippen LogP contribution in [0.5, 0.6) is 0 Å². The van der Waals surface area contributed by atoms with Crippen molar-refractivity contribution in [3.63, 3.8) is 0 Å². The molecule has 0 saturated carbocycles. The SMILES string of the molecule is CCCC[Si](c1ccccc1)(c1ccccc1)[Ti]([CH3])([CH3])([CH3])[C]1=C(C)C(C)=C(C)C1C. The maximum absolute atomic E-state index is 3.23. The molecule has 2 aromatic carbocycles. The Morgan fingerprint density at radius 1 is 0.767 bits per heavy atom. The van der Waals surface area contributed by atoms with Gasteiger partial charge in [0, 0.05) is 0 Å². The molecular formula is C28H41SiTi. The van der Waals surface area contributed by atoms with E-state index >= 15 is 0 Å². The van der Waals surface area contributed by atoms with Crippen LogP contribution in [-0.4, -0.2) is 5.94 Å². The second kappa shape index (κ2) is 8.41. The van der Waals surface area contributed by atoms with Gasteiger partial charge in [-0.3, -0.25) is 0 Å². The molecule has 0 fully saturated rings. The third kappa shape index (κ3) is 3.48. The van der Waals surface area contributed by atoms with Gasteiger partial charge in [-0.1, -0.05) is 0 Å². The molecule has 0 aromatic heterocycles. The van der Waals surface area contributed by atoms with Gasteiger partial charge < -0.3 is 0 Å². The van der Waals surface area contributed by atoms with Crippen molar-refractivity contribution in [1.29, 1.82) is 0 Å². The van der Waals surface area contributed by atoms with E-state index in [0.717, 1.165) is 0 Å². The van der Waals surface area contributed by atoms with Gasteiger partial charge in [-0.25, -0.2) is 0 Å². The number of rotatable bonds is 7. The van der Waals surface area contributed by atoms with Gasteiger partial charge in [0.2, 0.25) is 0 Å². The molecule has 0 aliphatic heterocycles. The van der Waals surface area contributed by atoms with E-state index in [1.54, 1.807) is 27.1 Å². The number of hydrogen-bond acceptors (Lipinski definition) is 0. The van der Waals surface area contributed by atoms with Crippen molar-refractivity contribution in [3.8, 4) is 0 Å². The molecule has 30 heavy (non-hydrogen) atoms. The molecule has 0 amide bonds. The molecule has 161 valence electrons. The molecule has 0 N–H and O–H groups in total. The fraction of sp³-hybridized carbons (Fsp3) is 0.429. The zero-order chi connectivity index (χ0) is 22.2. The van der Waals surface area contributed by atoms with Crippen LogP contribution in [0, 0.1) is 5.92 Å². The van der Waals surface area contributed by atoms with E-state index in [9.17, 15) is 0 Å². The zero-order valence-corrected chi connectivity index (χ0v) is 23.0. The molecule has 2 heteroatoms. The van der Waals surface area contributed by atoms with Gasteiger partial charge in [0.1, 0.15) is 0 Å². The Labute approximate surface area is 186 Å². The molecule has 0 bridgehead atoms. The summed E-state index contributed by atoms with van der Waals surface area (Å²) in [6.45, 7) is 12.0. The summed E-state index contributed by atoms with van der Waals surface area (Å²) >= 11 is -3.23. The number of unbranched alkanes of at least 4 members (excludes halogenated alkanes) is 1. The van der Waals surface area contributed by atoms with Crippen LogP contribution in [0.3, 0.4) is 0 Å². The standard InChI is InChI=1S/C16H19Si.C9H13.3CH3.Ti/c1-2-3-14-17(15-10-6-4-7-11-15)16-12-8-5-9-13-16;1-6-5-7(2)9(4)8(6)3;;;;/h4-13H,2-3,14H2,1H3;6H,1-4H3;3*1H3;. The fourth-order valence-electron chi connectivity index (χ4n) is 6.80. The second-order valence-electron chi connectivity index (χ2n) is 10.9. The summed E-state index contributed by atoms with van der Waals surface area (Å²) in [4.78, 5) is 0. The molecule has 0 radical (unpaired) electrons. The molecule has 0 spiro atoms. The Balaban J connectivity index is 2.43. The van der Waals surface area contributed by atoms with E-state index in [1.807, 2.05) is 3.88 Å². The Hall–Kier alpha value is -1.15. The number of hydrogen-bond donors (Lipinski definition) is 0. The van der Waals surface area contributed by atoms with Crippen molar-refractivity contribution >= 4 is 16.3 Å². The van der Waals surface area contributed by atoms with Gasteiger partial charge in [-0.15, -0.1) is 0 Å². The molecule has 2 aromatic rings. The predicted molar refractivity (Wildman–Crippen MR) is 135 cm³/mol. The van der Waals surface area contributed by atoms with Gasteiger partial charge in [0.15, 0.2) is 0 Å². The van der Waals surface area contributed by atoms with Crippen LogP contribution in [0.2, 0.25) is 21.7 Å². The van der Waals surface area contributed by atoms with Gasteiger partial charge in [-0.2, -0.15) is 0 Å². The van der Waals surface area contributed by atoms with Crippen molar-refractivity contribution in [1.82, 2.24) is 0 Å². The molecule has 1 aliphatic rings. The first-order chi connectivity index (χ1) is 14.1. The molecule has 1 atom stereocenters. The maximum atomic E-state index is 2.78. The minimum absolute atomic E-state index is 0.586. The van der Waals surface area contributed by atoms with E-state index in [0.29, 0.717) is 5.92 Å². The Morgan fingerprint density at radius 2 is 1.23 bits per heavy atom. The van der Waals surface area contributed by atoms with Crippen molar-refractivity contribution in [2.75, 3.05) is 0 Å². The van der Waals surface area contributed by atoms with Gasteiger partial charge in [0.25, 0.3) is 0 Å². The minimum atomic E-state index is -3.23. The monoisotopic (exact) mass is 453 g/mol.